The molecule has 1 aromatic carbocycles. The van der Waals surface area contributed by atoms with Crippen molar-refractivity contribution < 1.29 is 5.11 Å². The van der Waals surface area contributed by atoms with Gasteiger partial charge >= 0.3 is 0 Å². The smallest absolute Gasteiger partial charge is 0.223 e. The summed E-state index contributed by atoms with van der Waals surface area (Å²) in [6.07, 6.45) is 0. The van der Waals surface area contributed by atoms with Crippen LogP contribution in [-0.2, 0) is 19.6 Å². The van der Waals surface area contributed by atoms with Gasteiger partial charge in [-0.3, -0.25) is 9.69 Å². The highest BCUT2D eigenvalue weighted by molar-refractivity contribution is 5.30. The minimum atomic E-state index is -0.300. The van der Waals surface area contributed by atoms with Crippen molar-refractivity contribution in [3.05, 3.63) is 63.6 Å². The van der Waals surface area contributed by atoms with E-state index in [1.807, 2.05) is 32.2 Å². The van der Waals surface area contributed by atoms with Gasteiger partial charge in [-0.05, 0) is 25.5 Å². The number of hydrogen-bond donors (Lipinski definition) is 1. The van der Waals surface area contributed by atoms with Crippen molar-refractivity contribution in [1.29, 1.82) is 0 Å². The molecule has 0 saturated heterocycles. The number of aromatic nitrogens is 1. The predicted molar refractivity (Wildman–Crippen MR) is 93.6 cm³/mol. The Kier molecular flexibility index (Phi) is 5.61. The Morgan fingerprint density at radius 1 is 1.17 bits per heavy atom. The van der Waals surface area contributed by atoms with Gasteiger partial charge in [-0.1, -0.05) is 44.2 Å². The molecule has 0 atom stereocenters. The molecule has 0 radical (unpaired) electrons. The van der Waals surface area contributed by atoms with Crippen LogP contribution in [0.15, 0.2) is 41.2 Å². The lowest BCUT2D eigenvalue weighted by molar-refractivity contribution is 0.295. The molecule has 0 bridgehead atoms. The van der Waals surface area contributed by atoms with E-state index in [0.717, 1.165) is 18.8 Å². The van der Waals surface area contributed by atoms with Gasteiger partial charge in [-0.25, -0.2) is 0 Å². The zero-order chi connectivity index (χ0) is 17.0. The van der Waals surface area contributed by atoms with Crippen molar-refractivity contribution in [3.8, 4) is 5.75 Å². The van der Waals surface area contributed by atoms with Crippen LogP contribution in [0.4, 0.5) is 0 Å². The molecule has 0 fully saturated rings. The molecule has 23 heavy (non-hydrogen) atoms. The molecule has 0 aliphatic carbocycles. The number of aryl methyl sites for hydroxylation is 1. The summed E-state index contributed by atoms with van der Waals surface area (Å²) in [6, 6.07) is 11.7. The highest BCUT2D eigenvalue weighted by Gasteiger charge is 2.15. The summed E-state index contributed by atoms with van der Waals surface area (Å²) in [7, 11) is 2.00. The SMILES string of the molecule is Cc1cc(=O)c(O)c(CN(C)Cc2ccccc2)n1CC(C)C. The summed E-state index contributed by atoms with van der Waals surface area (Å²) in [4.78, 5) is 14.1. The summed E-state index contributed by atoms with van der Waals surface area (Å²) >= 11 is 0. The Labute approximate surface area is 138 Å². The summed E-state index contributed by atoms with van der Waals surface area (Å²) < 4.78 is 2.06. The fraction of sp³-hybridized carbons (Fsp3) is 0.421. The molecule has 0 aliphatic heterocycles. The maximum Gasteiger partial charge on any atom is 0.223 e. The lowest BCUT2D eigenvalue weighted by atomic mass is 10.1. The van der Waals surface area contributed by atoms with Gasteiger partial charge < -0.3 is 9.67 Å². The van der Waals surface area contributed by atoms with Gasteiger partial charge in [0.05, 0.1) is 5.69 Å². The van der Waals surface area contributed by atoms with Gasteiger partial charge in [-0.15, -0.1) is 0 Å². The molecule has 2 rings (SSSR count). The lowest BCUT2D eigenvalue weighted by Crippen LogP contribution is -2.25. The molecule has 0 saturated carbocycles. The van der Waals surface area contributed by atoms with Crippen LogP contribution in [0, 0.1) is 12.8 Å². The van der Waals surface area contributed by atoms with E-state index in [2.05, 4.69) is 35.4 Å². The number of benzene rings is 1. The van der Waals surface area contributed by atoms with Gasteiger partial charge in [0, 0.05) is 31.4 Å². The topological polar surface area (TPSA) is 45.5 Å². The maximum absolute atomic E-state index is 12.0. The van der Waals surface area contributed by atoms with Crippen molar-refractivity contribution in [2.24, 2.45) is 5.92 Å². The van der Waals surface area contributed by atoms with Crippen LogP contribution in [0.1, 0.15) is 30.8 Å². The predicted octanol–water partition coefficient (Wildman–Crippen LogP) is 3.15. The monoisotopic (exact) mass is 314 g/mol. The zero-order valence-electron chi connectivity index (χ0n) is 14.4. The zero-order valence-corrected chi connectivity index (χ0v) is 14.4. The highest BCUT2D eigenvalue weighted by Crippen LogP contribution is 2.19. The number of pyridine rings is 1. The molecule has 2 aromatic rings. The molecule has 0 amide bonds. The standard InChI is InChI=1S/C19H26N2O2/c1-14(2)11-21-15(3)10-18(22)19(23)17(21)13-20(4)12-16-8-6-5-7-9-16/h5-10,14,23H,11-13H2,1-4H3. The Hall–Kier alpha value is -2.07. The van der Waals surface area contributed by atoms with E-state index in [9.17, 15) is 9.90 Å². The van der Waals surface area contributed by atoms with Gasteiger partial charge in [0.2, 0.25) is 5.43 Å². The molecule has 4 heteroatoms. The summed E-state index contributed by atoms with van der Waals surface area (Å²) in [5, 5.41) is 10.3. The van der Waals surface area contributed by atoms with Gasteiger partial charge in [-0.2, -0.15) is 0 Å². The second-order valence-corrected chi connectivity index (χ2v) is 6.61. The fourth-order valence-electron chi connectivity index (χ4n) is 2.81. The fourth-order valence-corrected chi connectivity index (χ4v) is 2.81. The molecular formula is C19H26N2O2. The van der Waals surface area contributed by atoms with Crippen LogP contribution in [0.5, 0.6) is 5.75 Å². The Bertz CT molecular complexity index is 705. The van der Waals surface area contributed by atoms with Gasteiger partial charge in [0.25, 0.3) is 0 Å². The Morgan fingerprint density at radius 3 is 2.43 bits per heavy atom. The summed E-state index contributed by atoms with van der Waals surface area (Å²) in [5.74, 6) is 0.310. The molecular weight excluding hydrogens is 288 g/mol. The van der Waals surface area contributed by atoms with Crippen molar-refractivity contribution in [2.45, 2.75) is 40.4 Å². The third-order valence-corrected chi connectivity index (χ3v) is 3.86. The third-order valence-electron chi connectivity index (χ3n) is 3.86. The van der Waals surface area contributed by atoms with Crippen LogP contribution in [-0.4, -0.2) is 21.6 Å². The van der Waals surface area contributed by atoms with Crippen molar-refractivity contribution in [1.82, 2.24) is 9.47 Å². The Morgan fingerprint density at radius 2 is 1.83 bits per heavy atom. The van der Waals surface area contributed by atoms with Gasteiger partial charge in [0.15, 0.2) is 5.75 Å². The van der Waals surface area contributed by atoms with E-state index in [0.29, 0.717) is 18.2 Å². The first-order valence-corrected chi connectivity index (χ1v) is 8.03. The van der Waals surface area contributed by atoms with Crippen molar-refractivity contribution in [2.75, 3.05) is 7.05 Å². The average molecular weight is 314 g/mol. The van der Waals surface area contributed by atoms with Crippen LogP contribution >= 0.6 is 0 Å². The van der Waals surface area contributed by atoms with Crippen molar-refractivity contribution >= 4 is 0 Å². The second kappa shape index (κ2) is 7.47. The van der Waals surface area contributed by atoms with Crippen molar-refractivity contribution in [3.63, 3.8) is 0 Å². The number of nitrogens with zero attached hydrogens (tertiary/aromatic N) is 2. The van der Waals surface area contributed by atoms with E-state index in [-0.39, 0.29) is 11.2 Å². The Balaban J connectivity index is 2.28. The molecule has 1 heterocycles. The van der Waals surface area contributed by atoms with Crippen LogP contribution in [0.25, 0.3) is 0 Å². The third kappa shape index (κ3) is 4.45. The van der Waals surface area contributed by atoms with E-state index in [4.69, 9.17) is 0 Å². The van der Waals surface area contributed by atoms with Crippen LogP contribution < -0.4 is 5.43 Å². The molecule has 0 aliphatic rings. The van der Waals surface area contributed by atoms with Gasteiger partial charge in [0.1, 0.15) is 0 Å². The van der Waals surface area contributed by atoms with Crippen LogP contribution in [0.3, 0.4) is 0 Å². The first-order chi connectivity index (χ1) is 10.9. The second-order valence-electron chi connectivity index (χ2n) is 6.61. The minimum Gasteiger partial charge on any atom is -0.503 e. The van der Waals surface area contributed by atoms with E-state index in [1.54, 1.807) is 0 Å². The lowest BCUT2D eigenvalue weighted by Gasteiger charge is -2.24. The molecule has 1 N–H and O–H groups in total. The summed E-state index contributed by atoms with van der Waals surface area (Å²) in [5.41, 5.74) is 2.50. The molecule has 0 unspecified atom stereocenters. The summed E-state index contributed by atoms with van der Waals surface area (Å²) in [6.45, 7) is 8.27. The van der Waals surface area contributed by atoms with E-state index < -0.39 is 0 Å². The number of hydrogen-bond acceptors (Lipinski definition) is 3. The number of aromatic hydroxyl groups is 1. The first kappa shape index (κ1) is 17.3. The van der Waals surface area contributed by atoms with E-state index in [1.165, 1.54) is 11.6 Å². The normalized spacial score (nSPS) is 11.4. The number of rotatable bonds is 6. The molecule has 0 spiro atoms. The molecule has 124 valence electrons. The quantitative estimate of drug-likeness (QED) is 0.891. The van der Waals surface area contributed by atoms with Crippen LogP contribution in [0.2, 0.25) is 0 Å². The minimum absolute atomic E-state index is 0.129. The van der Waals surface area contributed by atoms with E-state index >= 15 is 0 Å². The maximum atomic E-state index is 12.0. The largest absolute Gasteiger partial charge is 0.503 e. The molecule has 4 nitrogen and oxygen atoms in total. The molecule has 1 aromatic heterocycles. The highest BCUT2D eigenvalue weighted by atomic mass is 16.3. The average Bonchev–Trinajstić information content (AvgIpc) is 2.49. The first-order valence-electron chi connectivity index (χ1n) is 8.03.